The van der Waals surface area contributed by atoms with Crippen molar-refractivity contribution < 1.29 is 14.3 Å². The number of hydrogen-bond donors (Lipinski definition) is 0. The van der Waals surface area contributed by atoms with E-state index >= 15 is 0 Å². The number of esters is 1. The van der Waals surface area contributed by atoms with Gasteiger partial charge in [-0.3, -0.25) is 4.79 Å². The lowest BCUT2D eigenvalue weighted by Gasteiger charge is -2.23. The van der Waals surface area contributed by atoms with Crippen molar-refractivity contribution in [3.05, 3.63) is 27.8 Å². The Morgan fingerprint density at radius 2 is 2.09 bits per heavy atom. The number of carbonyl (C=O) groups is 1. The summed E-state index contributed by atoms with van der Waals surface area (Å²) in [5, 5.41) is 0.784. The van der Waals surface area contributed by atoms with Crippen molar-refractivity contribution in [2.24, 2.45) is 11.8 Å². The maximum atomic E-state index is 11.6. The molecule has 0 N–H and O–H groups in total. The first kappa shape index (κ1) is 17.1. The fourth-order valence-corrected chi connectivity index (χ4v) is 3.71. The van der Waals surface area contributed by atoms with Gasteiger partial charge in [0.1, 0.15) is 5.75 Å². The summed E-state index contributed by atoms with van der Waals surface area (Å²) in [4.78, 5) is 11.6. The molecule has 122 valence electrons. The van der Waals surface area contributed by atoms with Crippen LogP contribution in [0, 0.1) is 25.7 Å². The third-order valence-electron chi connectivity index (χ3n) is 4.83. The third kappa shape index (κ3) is 3.24. The Hall–Kier alpha value is -1.22. The summed E-state index contributed by atoms with van der Waals surface area (Å²) >= 11 is 6.37. The zero-order valence-electron chi connectivity index (χ0n) is 14.0. The molecule has 0 aliphatic heterocycles. The first-order chi connectivity index (χ1) is 10.4. The van der Waals surface area contributed by atoms with E-state index in [0.29, 0.717) is 11.8 Å². The molecule has 0 bridgehead atoms. The van der Waals surface area contributed by atoms with Crippen molar-refractivity contribution in [2.45, 2.75) is 46.0 Å². The molecule has 0 amide bonds. The minimum Gasteiger partial charge on any atom is -0.496 e. The third-order valence-corrected chi connectivity index (χ3v) is 5.22. The molecule has 1 saturated carbocycles. The van der Waals surface area contributed by atoms with Crippen LogP contribution in [-0.2, 0) is 9.53 Å². The molecule has 0 spiro atoms. The highest BCUT2D eigenvalue weighted by Gasteiger charge is 2.45. The Bertz CT molecular complexity index is 568. The van der Waals surface area contributed by atoms with Gasteiger partial charge in [-0.1, -0.05) is 18.5 Å². The monoisotopic (exact) mass is 324 g/mol. The van der Waals surface area contributed by atoms with E-state index < -0.39 is 0 Å². The topological polar surface area (TPSA) is 35.5 Å². The highest BCUT2D eigenvalue weighted by atomic mass is 35.5. The smallest absolute Gasteiger partial charge is 0.308 e. The number of carbonyl (C=O) groups excluding carboxylic acids is 1. The fraction of sp³-hybridized carbons (Fsp3) is 0.611. The number of methoxy groups -OCH3 is 2. The van der Waals surface area contributed by atoms with Crippen LogP contribution in [0.5, 0.6) is 5.75 Å². The molecule has 0 saturated heterocycles. The van der Waals surface area contributed by atoms with Crippen LogP contribution < -0.4 is 4.74 Å². The van der Waals surface area contributed by atoms with Crippen molar-refractivity contribution in [3.63, 3.8) is 0 Å². The first-order valence-electron chi connectivity index (χ1n) is 7.85. The fourth-order valence-electron chi connectivity index (χ4n) is 3.44. The predicted molar refractivity (Wildman–Crippen MR) is 88.7 cm³/mol. The zero-order valence-corrected chi connectivity index (χ0v) is 14.8. The van der Waals surface area contributed by atoms with Gasteiger partial charge in [0.05, 0.1) is 20.1 Å². The molecule has 2 rings (SSSR count). The minimum absolute atomic E-state index is 0.0747. The summed E-state index contributed by atoms with van der Waals surface area (Å²) < 4.78 is 10.5. The second kappa shape index (κ2) is 6.91. The average Bonchev–Trinajstić information content (AvgIpc) is 3.27. The zero-order chi connectivity index (χ0) is 16.4. The lowest BCUT2D eigenvalue weighted by Crippen LogP contribution is -2.09. The molecule has 3 nitrogen and oxygen atoms in total. The van der Waals surface area contributed by atoms with Crippen molar-refractivity contribution >= 4 is 17.6 Å². The van der Waals surface area contributed by atoms with E-state index in [1.807, 2.05) is 19.9 Å². The van der Waals surface area contributed by atoms with E-state index in [9.17, 15) is 4.79 Å². The lowest BCUT2D eigenvalue weighted by molar-refractivity contribution is -0.142. The van der Waals surface area contributed by atoms with Crippen LogP contribution in [-0.4, -0.2) is 20.2 Å². The highest BCUT2D eigenvalue weighted by molar-refractivity contribution is 6.31. The quantitative estimate of drug-likeness (QED) is 0.714. The summed E-state index contributed by atoms with van der Waals surface area (Å²) in [6.45, 7) is 6.25. The van der Waals surface area contributed by atoms with Crippen molar-refractivity contribution in [1.29, 1.82) is 0 Å². The van der Waals surface area contributed by atoms with Gasteiger partial charge in [-0.15, -0.1) is 0 Å². The summed E-state index contributed by atoms with van der Waals surface area (Å²) in [6.07, 6.45) is 2.92. The average molecular weight is 325 g/mol. The number of ether oxygens (including phenoxy) is 2. The van der Waals surface area contributed by atoms with Crippen LogP contribution in [0.4, 0.5) is 0 Å². The van der Waals surface area contributed by atoms with E-state index in [2.05, 4.69) is 6.92 Å². The molecule has 0 radical (unpaired) electrons. The number of hydrogen-bond acceptors (Lipinski definition) is 3. The van der Waals surface area contributed by atoms with Crippen LogP contribution in [0.1, 0.15) is 48.8 Å². The molecule has 3 unspecified atom stereocenters. The van der Waals surface area contributed by atoms with Gasteiger partial charge in [0.2, 0.25) is 0 Å². The molecule has 1 aliphatic carbocycles. The molecule has 1 aromatic rings. The molecule has 0 aromatic heterocycles. The molecule has 1 aromatic carbocycles. The number of rotatable bonds is 6. The standard InChI is InChI=1S/C18H25ClO3/c1-6-12(8-13-9-14(13)18(20)22-5)16-11(3)15(19)7-10(2)17(16)21-4/h7,12-14H,6,8-9H2,1-5H3. The van der Waals surface area contributed by atoms with Crippen LogP contribution in [0.15, 0.2) is 6.07 Å². The van der Waals surface area contributed by atoms with E-state index in [4.69, 9.17) is 21.1 Å². The molecule has 0 heterocycles. The van der Waals surface area contributed by atoms with Crippen LogP contribution >= 0.6 is 11.6 Å². The summed E-state index contributed by atoms with van der Waals surface area (Å²) in [5.74, 6) is 1.70. The van der Waals surface area contributed by atoms with Gasteiger partial charge in [0.15, 0.2) is 0 Å². The normalized spacial score (nSPS) is 21.4. The molecule has 1 aliphatic rings. The molecular weight excluding hydrogens is 300 g/mol. The molecule has 4 heteroatoms. The van der Waals surface area contributed by atoms with Gasteiger partial charge in [-0.05, 0) is 62.1 Å². The van der Waals surface area contributed by atoms with E-state index in [-0.39, 0.29) is 11.9 Å². The largest absolute Gasteiger partial charge is 0.496 e. The SMILES string of the molecule is CCC(CC1CC1C(=O)OC)c1c(C)c(Cl)cc(C)c1OC. The van der Waals surface area contributed by atoms with Gasteiger partial charge >= 0.3 is 5.97 Å². The Balaban J connectivity index is 2.27. The van der Waals surface area contributed by atoms with Crippen LogP contribution in [0.3, 0.4) is 0 Å². The van der Waals surface area contributed by atoms with E-state index in [1.165, 1.54) is 12.7 Å². The van der Waals surface area contributed by atoms with E-state index in [1.54, 1.807) is 7.11 Å². The van der Waals surface area contributed by atoms with Gasteiger partial charge in [-0.2, -0.15) is 0 Å². The highest BCUT2D eigenvalue weighted by Crippen LogP contribution is 2.49. The summed E-state index contributed by atoms with van der Waals surface area (Å²) in [6, 6.07) is 1.96. The molecule has 3 atom stereocenters. The Morgan fingerprint density at radius 3 is 2.64 bits per heavy atom. The number of benzene rings is 1. The summed E-state index contributed by atoms with van der Waals surface area (Å²) in [7, 11) is 3.17. The molecule has 22 heavy (non-hydrogen) atoms. The molecule has 1 fully saturated rings. The Kier molecular flexibility index (Phi) is 5.38. The second-order valence-corrected chi connectivity index (χ2v) is 6.62. The Labute approximate surface area is 137 Å². The predicted octanol–water partition coefficient (Wildman–Crippen LogP) is 4.66. The van der Waals surface area contributed by atoms with Crippen LogP contribution in [0.25, 0.3) is 0 Å². The van der Waals surface area contributed by atoms with Crippen molar-refractivity contribution in [2.75, 3.05) is 14.2 Å². The maximum absolute atomic E-state index is 11.6. The summed E-state index contributed by atoms with van der Waals surface area (Å²) in [5.41, 5.74) is 3.35. The van der Waals surface area contributed by atoms with Gasteiger partial charge in [0, 0.05) is 10.6 Å². The van der Waals surface area contributed by atoms with Gasteiger partial charge < -0.3 is 9.47 Å². The number of aryl methyl sites for hydroxylation is 1. The Morgan fingerprint density at radius 1 is 1.41 bits per heavy atom. The van der Waals surface area contributed by atoms with Gasteiger partial charge in [0.25, 0.3) is 0 Å². The minimum atomic E-state index is -0.0779. The maximum Gasteiger partial charge on any atom is 0.308 e. The van der Waals surface area contributed by atoms with Crippen LogP contribution in [0.2, 0.25) is 5.02 Å². The first-order valence-corrected chi connectivity index (χ1v) is 8.23. The van der Waals surface area contributed by atoms with Crippen molar-refractivity contribution in [3.8, 4) is 5.75 Å². The number of halogens is 1. The van der Waals surface area contributed by atoms with Crippen molar-refractivity contribution in [1.82, 2.24) is 0 Å². The molecular formula is C18H25ClO3. The van der Waals surface area contributed by atoms with E-state index in [0.717, 1.165) is 41.2 Å². The second-order valence-electron chi connectivity index (χ2n) is 6.21. The lowest BCUT2D eigenvalue weighted by atomic mass is 9.86. The van der Waals surface area contributed by atoms with Gasteiger partial charge in [-0.25, -0.2) is 0 Å².